The van der Waals surface area contributed by atoms with Crippen molar-refractivity contribution in [2.45, 2.75) is 39.5 Å². The maximum atomic E-state index is 12.3. The molecule has 49 heavy (non-hydrogen) atoms. The summed E-state index contributed by atoms with van der Waals surface area (Å²) < 4.78 is 1.64. The number of hydrogen-bond acceptors (Lipinski definition) is 8. The Kier molecular flexibility index (Phi) is 16.3. The summed E-state index contributed by atoms with van der Waals surface area (Å²) in [5.74, 6) is 0.281. The number of H-pyrrole nitrogens is 1. The molecule has 260 valence electrons. The molecule has 3 N–H and O–H groups in total. The Labute approximate surface area is 288 Å². The molecule has 1 saturated heterocycles. The van der Waals surface area contributed by atoms with E-state index >= 15 is 0 Å². The zero-order valence-electron chi connectivity index (χ0n) is 29.0. The highest BCUT2D eigenvalue weighted by Gasteiger charge is 2.21. The fraction of sp³-hybridized carbons (Fsp3) is 0.351. The van der Waals surface area contributed by atoms with Crippen molar-refractivity contribution in [3.05, 3.63) is 103 Å². The quantitative estimate of drug-likeness (QED) is 0.161. The summed E-state index contributed by atoms with van der Waals surface area (Å²) in [7, 11) is 2.83. The lowest BCUT2D eigenvalue weighted by Crippen LogP contribution is -2.41. The Bertz CT molecular complexity index is 1690. The number of likely N-dealkylation sites (tertiary alicyclic amines) is 1. The molecule has 0 atom stereocenters. The van der Waals surface area contributed by atoms with E-state index in [1.54, 1.807) is 23.4 Å². The van der Waals surface area contributed by atoms with Gasteiger partial charge < -0.3 is 15.3 Å². The molecule has 2 aliphatic heterocycles. The highest BCUT2D eigenvalue weighted by molar-refractivity contribution is 5.95. The topological polar surface area (TPSA) is 145 Å². The summed E-state index contributed by atoms with van der Waals surface area (Å²) in [6.45, 7) is 12.5. The number of aryl methyl sites for hydroxylation is 1. The molecule has 0 bridgehead atoms. The number of carbonyl (C=O) groups is 2. The Balaban J connectivity index is 0.000000220. The minimum Gasteiger partial charge on any atom is -0.400 e. The van der Waals surface area contributed by atoms with Gasteiger partial charge in [-0.3, -0.25) is 29.3 Å². The monoisotopic (exact) mass is 667 g/mol. The predicted octanol–water partition coefficient (Wildman–Crippen LogP) is 5.33. The third-order valence-corrected chi connectivity index (χ3v) is 8.10. The second-order valence-corrected chi connectivity index (χ2v) is 11.4. The van der Waals surface area contributed by atoms with Crippen molar-refractivity contribution in [2.24, 2.45) is 7.05 Å². The molecule has 5 heterocycles. The van der Waals surface area contributed by atoms with Crippen LogP contribution >= 0.6 is 0 Å². The number of fused-ring (bicyclic) bond motifs is 1. The third kappa shape index (κ3) is 12.1. The van der Waals surface area contributed by atoms with Crippen LogP contribution in [0.2, 0.25) is 0 Å². The average molecular weight is 668 g/mol. The van der Waals surface area contributed by atoms with Gasteiger partial charge in [0, 0.05) is 56.3 Å². The molecule has 0 spiro atoms. The van der Waals surface area contributed by atoms with E-state index in [-0.39, 0.29) is 5.91 Å². The summed E-state index contributed by atoms with van der Waals surface area (Å²) >= 11 is 0. The SMILES string of the molecule is C=C/C(=C\C=C(/C)C1=CCN(C(=O)CN2CCCC2)CC1)CC.CO.Cn1cncn1.O=CNc1ccc2[nH]nc(-c3cccnc3)c2c1. The standard InChI is InChI=1S/C20H30N2O.C13H10N4O.C3H5N3.CH4O/c1-4-18(5-2)9-8-17(3)19-10-14-22(15-11-19)20(23)16-21-12-6-7-13-21;18-8-15-10-3-4-12-11(6-10)13(17-16-12)9-2-1-5-14-7-9;1-6-3-4-2-5-6;1-2/h4,8-10H,1,5-7,11-16H2,2-3H3;1-8H,(H,15,18)(H,16,17);2-3H,1H3;2H,1H3/b17-8+,18-9+;;;. The zero-order chi connectivity index (χ0) is 35.4. The maximum Gasteiger partial charge on any atom is 0.237 e. The fourth-order valence-corrected chi connectivity index (χ4v) is 5.32. The van der Waals surface area contributed by atoms with Gasteiger partial charge in [-0.25, -0.2) is 4.98 Å². The van der Waals surface area contributed by atoms with Gasteiger partial charge in [-0.2, -0.15) is 10.2 Å². The van der Waals surface area contributed by atoms with Crippen molar-refractivity contribution >= 4 is 28.9 Å². The Morgan fingerprint density at radius 3 is 2.49 bits per heavy atom. The van der Waals surface area contributed by atoms with E-state index in [2.05, 4.69) is 74.1 Å². The molecule has 2 amide bonds. The summed E-state index contributed by atoms with van der Waals surface area (Å²) in [6, 6.07) is 9.40. The number of benzene rings is 1. The van der Waals surface area contributed by atoms with Crippen LogP contribution in [0.1, 0.15) is 39.5 Å². The molecule has 0 radical (unpaired) electrons. The summed E-state index contributed by atoms with van der Waals surface area (Å²) in [5, 5.41) is 21.6. The molecule has 4 aromatic rings. The number of allylic oxidation sites excluding steroid dienone is 5. The van der Waals surface area contributed by atoms with E-state index in [9.17, 15) is 9.59 Å². The van der Waals surface area contributed by atoms with Crippen LogP contribution in [0.5, 0.6) is 0 Å². The number of pyridine rings is 1. The Morgan fingerprint density at radius 2 is 1.92 bits per heavy atom. The maximum absolute atomic E-state index is 12.3. The first-order valence-corrected chi connectivity index (χ1v) is 16.4. The summed E-state index contributed by atoms with van der Waals surface area (Å²) in [6.07, 6.45) is 20.2. The van der Waals surface area contributed by atoms with Gasteiger partial charge in [-0.1, -0.05) is 37.8 Å². The van der Waals surface area contributed by atoms with Gasteiger partial charge in [0.05, 0.1) is 12.1 Å². The summed E-state index contributed by atoms with van der Waals surface area (Å²) in [5.41, 5.74) is 7.34. The fourth-order valence-electron chi connectivity index (χ4n) is 5.32. The van der Waals surface area contributed by atoms with Crippen LogP contribution in [0.4, 0.5) is 5.69 Å². The number of carbonyl (C=O) groups excluding carboxylic acids is 2. The van der Waals surface area contributed by atoms with Gasteiger partial charge in [0.15, 0.2) is 0 Å². The van der Waals surface area contributed by atoms with Crippen LogP contribution in [-0.4, -0.2) is 97.0 Å². The largest absolute Gasteiger partial charge is 0.400 e. The lowest BCUT2D eigenvalue weighted by atomic mass is 9.99. The van der Waals surface area contributed by atoms with Crippen LogP contribution in [0, 0.1) is 0 Å². The minimum absolute atomic E-state index is 0.281. The van der Waals surface area contributed by atoms with Crippen molar-refractivity contribution in [2.75, 3.05) is 45.2 Å². The van der Waals surface area contributed by atoms with Crippen molar-refractivity contribution in [3.8, 4) is 11.3 Å². The molecule has 0 saturated carbocycles. The third-order valence-electron chi connectivity index (χ3n) is 8.10. The highest BCUT2D eigenvalue weighted by atomic mass is 16.2. The number of rotatable bonds is 9. The second kappa shape index (κ2) is 20.9. The highest BCUT2D eigenvalue weighted by Crippen LogP contribution is 2.27. The van der Waals surface area contributed by atoms with Crippen molar-refractivity contribution in [1.82, 2.24) is 39.7 Å². The molecule has 3 aromatic heterocycles. The van der Waals surface area contributed by atoms with Crippen molar-refractivity contribution in [3.63, 3.8) is 0 Å². The number of aromatic amines is 1. The van der Waals surface area contributed by atoms with Gasteiger partial charge in [-0.05, 0) is 92.7 Å². The molecule has 12 nitrogen and oxygen atoms in total. The van der Waals surface area contributed by atoms with E-state index in [0.29, 0.717) is 13.0 Å². The van der Waals surface area contributed by atoms with Crippen LogP contribution in [0.25, 0.3) is 22.2 Å². The van der Waals surface area contributed by atoms with E-state index in [0.717, 1.165) is 74.0 Å². The molecular weight excluding hydrogens is 618 g/mol. The smallest absolute Gasteiger partial charge is 0.237 e. The molecule has 2 aliphatic rings. The number of anilines is 1. The number of hydrogen-bond donors (Lipinski definition) is 3. The predicted molar refractivity (Wildman–Crippen MR) is 195 cm³/mol. The Hall–Kier alpha value is -5.20. The molecule has 1 fully saturated rings. The van der Waals surface area contributed by atoms with Crippen LogP contribution in [-0.2, 0) is 16.6 Å². The van der Waals surface area contributed by atoms with Crippen molar-refractivity contribution < 1.29 is 14.7 Å². The lowest BCUT2D eigenvalue weighted by Gasteiger charge is -2.28. The number of amides is 2. The number of aliphatic hydroxyl groups is 1. The first kappa shape index (κ1) is 38.2. The second-order valence-electron chi connectivity index (χ2n) is 11.4. The van der Waals surface area contributed by atoms with Gasteiger partial charge in [0.1, 0.15) is 18.3 Å². The van der Waals surface area contributed by atoms with E-state index < -0.39 is 0 Å². The first-order valence-electron chi connectivity index (χ1n) is 16.4. The van der Waals surface area contributed by atoms with Crippen LogP contribution in [0.15, 0.2) is 103 Å². The number of aliphatic hydroxyl groups excluding tert-OH is 1. The normalized spacial score (nSPS) is 14.7. The average Bonchev–Trinajstić information content (AvgIpc) is 3.94. The van der Waals surface area contributed by atoms with Crippen LogP contribution in [0.3, 0.4) is 0 Å². The zero-order valence-corrected chi connectivity index (χ0v) is 29.0. The van der Waals surface area contributed by atoms with Gasteiger partial charge in [0.2, 0.25) is 12.3 Å². The van der Waals surface area contributed by atoms with Crippen molar-refractivity contribution in [1.29, 1.82) is 0 Å². The van der Waals surface area contributed by atoms with Gasteiger partial charge in [-0.15, -0.1) is 0 Å². The molecule has 6 rings (SSSR count). The molecule has 0 unspecified atom stereocenters. The molecule has 0 aliphatic carbocycles. The first-order chi connectivity index (χ1) is 23.9. The summed E-state index contributed by atoms with van der Waals surface area (Å²) in [4.78, 5) is 34.8. The number of aromatic nitrogens is 6. The lowest BCUT2D eigenvalue weighted by molar-refractivity contribution is -0.131. The number of nitrogens with zero attached hydrogens (tertiary/aromatic N) is 7. The number of nitrogens with one attached hydrogen (secondary N) is 2. The van der Waals surface area contributed by atoms with Gasteiger partial charge >= 0.3 is 0 Å². The molecule has 12 heteroatoms. The van der Waals surface area contributed by atoms with E-state index in [1.165, 1.54) is 35.9 Å². The molecule has 1 aromatic carbocycles. The molecular formula is C37H49N9O3. The van der Waals surface area contributed by atoms with Crippen LogP contribution < -0.4 is 5.32 Å². The van der Waals surface area contributed by atoms with E-state index in [1.807, 2.05) is 48.4 Å². The Morgan fingerprint density at radius 1 is 1.12 bits per heavy atom. The van der Waals surface area contributed by atoms with Gasteiger partial charge in [0.25, 0.3) is 0 Å². The van der Waals surface area contributed by atoms with E-state index in [4.69, 9.17) is 5.11 Å². The minimum atomic E-state index is 0.281.